The fourth-order valence-corrected chi connectivity index (χ4v) is 9.56. The third-order valence-electron chi connectivity index (χ3n) is 12.3. The molecule has 1 aliphatic heterocycles. The Morgan fingerprint density at radius 2 is 0.825 bits per heavy atom. The van der Waals surface area contributed by atoms with E-state index >= 15 is 0 Å². The maximum Gasteiger partial charge on any atom is 0.138 e. The van der Waals surface area contributed by atoms with Gasteiger partial charge in [-0.15, -0.1) is 0 Å². The lowest BCUT2D eigenvalue weighted by Gasteiger charge is -2.15. The fraction of sp³-hybridized carbons (Fsp3) is 0.0185. The minimum Gasteiger partial charge on any atom is -0.387 e. The molecule has 0 aliphatic carbocycles. The lowest BCUT2D eigenvalue weighted by molar-refractivity contribution is 0.852. The van der Waals surface area contributed by atoms with Crippen LogP contribution in [0.15, 0.2) is 189 Å². The zero-order valence-electron chi connectivity index (χ0n) is 33.8. The van der Waals surface area contributed by atoms with Crippen molar-refractivity contribution in [1.82, 2.24) is 43.9 Å². The van der Waals surface area contributed by atoms with Gasteiger partial charge in [0.25, 0.3) is 0 Å². The summed E-state index contributed by atoms with van der Waals surface area (Å²) in [6, 6.07) is 54.9. The van der Waals surface area contributed by atoms with Crippen LogP contribution in [0.5, 0.6) is 0 Å². The largest absolute Gasteiger partial charge is 0.387 e. The molecule has 0 bridgehead atoms. The number of para-hydroxylation sites is 3. The number of nitrogens with zero attached hydrogens (tertiary/aromatic N) is 8. The molecule has 0 saturated carbocycles. The highest BCUT2D eigenvalue weighted by Crippen LogP contribution is 2.37. The third-order valence-corrected chi connectivity index (χ3v) is 12.3. The van der Waals surface area contributed by atoms with E-state index in [1.54, 1.807) is 0 Å². The average Bonchev–Trinajstić information content (AvgIpc) is 4.00. The van der Waals surface area contributed by atoms with Crippen LogP contribution in [0.3, 0.4) is 0 Å². The molecule has 9 heteroatoms. The molecule has 13 rings (SSSR count). The predicted molar refractivity (Wildman–Crippen MR) is 253 cm³/mol. The summed E-state index contributed by atoms with van der Waals surface area (Å²) in [6.45, 7) is 0.763. The van der Waals surface area contributed by atoms with Crippen LogP contribution in [-0.4, -0.2) is 38.6 Å². The second-order valence-electron chi connectivity index (χ2n) is 15.9. The van der Waals surface area contributed by atoms with Crippen molar-refractivity contribution in [2.45, 2.75) is 6.54 Å². The van der Waals surface area contributed by atoms with Gasteiger partial charge in [-0.25, -0.2) is 15.0 Å². The van der Waals surface area contributed by atoms with E-state index in [0.717, 1.165) is 113 Å². The molecule has 0 unspecified atom stereocenters. The molecule has 0 amide bonds. The van der Waals surface area contributed by atoms with Crippen molar-refractivity contribution in [1.29, 1.82) is 0 Å². The van der Waals surface area contributed by atoms with Crippen LogP contribution in [0, 0.1) is 0 Å². The minimum atomic E-state index is 0.763. The molecule has 1 N–H and O–H groups in total. The highest BCUT2D eigenvalue weighted by atomic mass is 15.1. The first-order chi connectivity index (χ1) is 31.2. The molecule has 9 heterocycles. The van der Waals surface area contributed by atoms with E-state index in [1.807, 2.05) is 31.0 Å². The fourth-order valence-electron chi connectivity index (χ4n) is 9.56. The topological polar surface area (TPSA) is 91.3 Å². The molecular formula is C54H35N9. The number of rotatable bonds is 6. The Kier molecular flexibility index (Phi) is 7.76. The van der Waals surface area contributed by atoms with Gasteiger partial charge in [0, 0.05) is 80.5 Å². The lowest BCUT2D eigenvalue weighted by atomic mass is 9.98. The number of benzene rings is 4. The molecule has 12 aromatic rings. The summed E-state index contributed by atoms with van der Waals surface area (Å²) in [6.07, 6.45) is 11.7. The second-order valence-corrected chi connectivity index (χ2v) is 15.9. The van der Waals surface area contributed by atoms with E-state index in [-0.39, 0.29) is 0 Å². The summed E-state index contributed by atoms with van der Waals surface area (Å²) in [4.78, 5) is 25.1. The normalized spacial score (nSPS) is 12.4. The molecule has 1 aliphatic rings. The van der Waals surface area contributed by atoms with Gasteiger partial charge >= 0.3 is 0 Å². The highest BCUT2D eigenvalue weighted by Gasteiger charge is 2.21. The van der Waals surface area contributed by atoms with Gasteiger partial charge in [-0.3, -0.25) is 23.7 Å². The van der Waals surface area contributed by atoms with Gasteiger partial charge < -0.3 is 5.32 Å². The number of pyridine rings is 5. The quantitative estimate of drug-likeness (QED) is 0.180. The molecule has 0 radical (unpaired) electrons. The minimum absolute atomic E-state index is 0.763. The van der Waals surface area contributed by atoms with Gasteiger partial charge in [0.05, 0.1) is 50.4 Å². The molecular weight excluding hydrogens is 775 g/mol. The number of hydrogen-bond acceptors (Lipinski definition) is 6. The Labute approximate surface area is 360 Å². The predicted octanol–water partition coefficient (Wildman–Crippen LogP) is 11.9. The summed E-state index contributed by atoms with van der Waals surface area (Å²) in [7, 11) is 0. The van der Waals surface area contributed by atoms with E-state index in [0.29, 0.717) is 0 Å². The van der Waals surface area contributed by atoms with Crippen molar-refractivity contribution in [3.63, 3.8) is 0 Å². The van der Waals surface area contributed by atoms with Crippen LogP contribution < -0.4 is 5.32 Å². The lowest BCUT2D eigenvalue weighted by Crippen LogP contribution is -2.11. The standard InChI is InChI=1S/C54H35N9/c1-4-16-46-37(10-1)40-31-55-25-22-49(40)61(46)52-19-7-13-43(58-52)34-28-35(44-14-8-20-53(59-44)62-47-17-5-2-11-38(47)41-32-56-26-23-50(41)62)30-36(29-34)45-15-9-21-54(60-45)63-48-18-6-3-12-39(48)42-33-57-27-24-51(42)63/h1-32,57H,33H2. The zero-order valence-corrected chi connectivity index (χ0v) is 33.8. The van der Waals surface area contributed by atoms with Gasteiger partial charge in [0.2, 0.25) is 0 Å². The van der Waals surface area contributed by atoms with Crippen molar-refractivity contribution in [2.24, 2.45) is 0 Å². The van der Waals surface area contributed by atoms with Gasteiger partial charge in [0.15, 0.2) is 0 Å². The van der Waals surface area contributed by atoms with Gasteiger partial charge in [-0.2, -0.15) is 0 Å². The molecule has 0 saturated heterocycles. The maximum absolute atomic E-state index is 5.41. The van der Waals surface area contributed by atoms with Gasteiger partial charge in [0.1, 0.15) is 17.5 Å². The second kappa shape index (κ2) is 13.9. The smallest absolute Gasteiger partial charge is 0.138 e. The van der Waals surface area contributed by atoms with Gasteiger partial charge in [-0.1, -0.05) is 72.8 Å². The van der Waals surface area contributed by atoms with Crippen molar-refractivity contribution >= 4 is 60.6 Å². The highest BCUT2D eigenvalue weighted by molar-refractivity contribution is 6.09. The van der Waals surface area contributed by atoms with Crippen LogP contribution in [-0.2, 0) is 6.54 Å². The molecule has 296 valence electrons. The first-order valence-corrected chi connectivity index (χ1v) is 21.0. The SMILES string of the molecule is C1=Cc2c(c3ccccc3n2-c2cccc(-c3cc(-c4cccc(-n5c6ccccc6c6cnccc65)n4)cc(-c4cccc(-n5c6ccccc6c6cnccc65)n4)c3)n2)CN1. The Morgan fingerprint density at radius 3 is 1.33 bits per heavy atom. The van der Waals surface area contributed by atoms with Crippen molar-refractivity contribution in [3.8, 4) is 51.2 Å². The number of hydrogen-bond donors (Lipinski definition) is 1. The van der Waals surface area contributed by atoms with E-state index < -0.39 is 0 Å². The summed E-state index contributed by atoms with van der Waals surface area (Å²) in [5, 5.41) is 9.07. The number of fused-ring (bicyclic) bond motifs is 9. The average molecular weight is 810 g/mol. The van der Waals surface area contributed by atoms with Crippen molar-refractivity contribution in [2.75, 3.05) is 0 Å². The third kappa shape index (κ3) is 5.53. The maximum atomic E-state index is 5.41. The zero-order chi connectivity index (χ0) is 41.4. The Bertz CT molecular complexity index is 3550. The molecule has 9 nitrogen and oxygen atoms in total. The Balaban J connectivity index is 1.01. The van der Waals surface area contributed by atoms with Crippen LogP contribution in [0.4, 0.5) is 0 Å². The Morgan fingerprint density at radius 1 is 0.397 bits per heavy atom. The summed E-state index contributed by atoms with van der Waals surface area (Å²) in [5.41, 5.74) is 13.2. The summed E-state index contributed by atoms with van der Waals surface area (Å²) < 4.78 is 6.72. The van der Waals surface area contributed by atoms with E-state index in [9.17, 15) is 0 Å². The van der Waals surface area contributed by atoms with E-state index in [1.165, 1.54) is 10.9 Å². The summed E-state index contributed by atoms with van der Waals surface area (Å²) in [5.74, 6) is 2.50. The first kappa shape index (κ1) is 35.1. The van der Waals surface area contributed by atoms with Crippen LogP contribution in [0.2, 0.25) is 0 Å². The van der Waals surface area contributed by atoms with Crippen LogP contribution >= 0.6 is 0 Å². The van der Waals surface area contributed by atoms with E-state index in [4.69, 9.17) is 15.0 Å². The Hall–Kier alpha value is -8.69. The molecule has 4 aromatic carbocycles. The summed E-state index contributed by atoms with van der Waals surface area (Å²) >= 11 is 0. The van der Waals surface area contributed by atoms with Crippen molar-refractivity contribution < 1.29 is 0 Å². The molecule has 0 fully saturated rings. The number of aromatic nitrogens is 8. The van der Waals surface area contributed by atoms with Crippen molar-refractivity contribution in [3.05, 3.63) is 200 Å². The first-order valence-electron chi connectivity index (χ1n) is 21.0. The van der Waals surface area contributed by atoms with E-state index in [2.05, 4.69) is 193 Å². The van der Waals surface area contributed by atoms with Crippen LogP contribution in [0.1, 0.15) is 11.3 Å². The van der Waals surface area contributed by atoms with Crippen LogP contribution in [0.25, 0.3) is 112 Å². The monoisotopic (exact) mass is 809 g/mol. The number of nitrogens with one attached hydrogen (secondary N) is 1. The molecule has 0 atom stereocenters. The molecule has 8 aromatic heterocycles. The molecule has 0 spiro atoms. The van der Waals surface area contributed by atoms with Gasteiger partial charge in [-0.05, 0) is 97.2 Å². The molecule has 63 heavy (non-hydrogen) atoms.